The van der Waals surface area contributed by atoms with Crippen molar-refractivity contribution in [2.75, 3.05) is 40.5 Å². The average molecular weight is 526 g/mol. The van der Waals surface area contributed by atoms with Crippen LogP contribution >= 0.6 is 24.0 Å². The number of rotatable bonds is 8. The Kier molecular flexibility index (Phi) is 10.7. The molecule has 1 saturated heterocycles. The van der Waals surface area contributed by atoms with Gasteiger partial charge in [0.25, 0.3) is 0 Å². The van der Waals surface area contributed by atoms with E-state index in [0.717, 1.165) is 43.2 Å². The summed E-state index contributed by atoms with van der Waals surface area (Å²) in [6.45, 7) is 3.42. The first-order valence-electron chi connectivity index (χ1n) is 10.0. The number of hydrogen-bond acceptors (Lipinski definition) is 5. The van der Waals surface area contributed by atoms with E-state index in [-0.39, 0.29) is 30.1 Å². The van der Waals surface area contributed by atoms with Crippen molar-refractivity contribution in [1.29, 1.82) is 0 Å². The molecule has 7 nitrogen and oxygen atoms in total. The van der Waals surface area contributed by atoms with Gasteiger partial charge in [-0.25, -0.2) is 4.98 Å². The van der Waals surface area contributed by atoms with Crippen LogP contribution in [0.5, 0.6) is 11.6 Å². The molecule has 0 unspecified atom stereocenters. The fourth-order valence-corrected chi connectivity index (χ4v) is 3.29. The van der Waals surface area contributed by atoms with Crippen LogP contribution in [0.1, 0.15) is 18.4 Å². The third-order valence-corrected chi connectivity index (χ3v) is 4.81. The molecule has 3 rings (SSSR count). The normalized spacial score (nSPS) is 14.7. The van der Waals surface area contributed by atoms with E-state index in [1.54, 1.807) is 13.3 Å². The van der Waals surface area contributed by atoms with Crippen molar-refractivity contribution >= 4 is 29.9 Å². The van der Waals surface area contributed by atoms with E-state index in [1.165, 1.54) is 0 Å². The summed E-state index contributed by atoms with van der Waals surface area (Å²) in [5.41, 5.74) is 0.993. The minimum Gasteiger partial charge on any atom is -0.490 e. The van der Waals surface area contributed by atoms with Gasteiger partial charge in [-0.05, 0) is 18.2 Å². The van der Waals surface area contributed by atoms with Crippen molar-refractivity contribution in [2.24, 2.45) is 4.99 Å². The molecule has 1 N–H and O–H groups in total. The van der Waals surface area contributed by atoms with Crippen molar-refractivity contribution in [1.82, 2.24) is 15.2 Å². The molecule has 0 atom stereocenters. The minimum absolute atomic E-state index is 0. The number of pyridine rings is 1. The molecular formula is C22H31IN4O3. The molecule has 1 aliphatic heterocycles. The number of nitrogens with one attached hydrogen (secondary N) is 1. The second-order valence-electron chi connectivity index (χ2n) is 6.83. The molecule has 1 aromatic heterocycles. The number of piperidine rings is 1. The van der Waals surface area contributed by atoms with E-state index in [9.17, 15) is 0 Å². The summed E-state index contributed by atoms with van der Waals surface area (Å²) in [6, 6.07) is 13.9. The molecule has 2 heterocycles. The smallest absolute Gasteiger partial charge is 0.218 e. The van der Waals surface area contributed by atoms with Crippen LogP contribution in [0.4, 0.5) is 0 Å². The topological polar surface area (TPSA) is 68.2 Å². The van der Waals surface area contributed by atoms with Crippen molar-refractivity contribution in [2.45, 2.75) is 25.5 Å². The molecule has 0 spiro atoms. The Balaban J connectivity index is 0.00000320. The Bertz CT molecular complexity index is 768. The van der Waals surface area contributed by atoms with E-state index in [1.807, 2.05) is 49.5 Å². The second-order valence-corrected chi connectivity index (χ2v) is 6.83. The third-order valence-electron chi connectivity index (χ3n) is 4.81. The van der Waals surface area contributed by atoms with Gasteiger partial charge in [-0.1, -0.05) is 24.3 Å². The highest BCUT2D eigenvalue weighted by molar-refractivity contribution is 14.0. The molecule has 1 fully saturated rings. The molecule has 0 saturated carbocycles. The Morgan fingerprint density at radius 2 is 1.90 bits per heavy atom. The number of ether oxygens (including phenoxy) is 3. The van der Waals surface area contributed by atoms with E-state index in [0.29, 0.717) is 25.6 Å². The predicted octanol–water partition coefficient (Wildman–Crippen LogP) is 3.34. The highest BCUT2D eigenvalue weighted by Crippen LogP contribution is 2.19. The first-order valence-corrected chi connectivity index (χ1v) is 10.0. The van der Waals surface area contributed by atoms with Crippen LogP contribution in [0.25, 0.3) is 0 Å². The Labute approximate surface area is 195 Å². The lowest BCUT2D eigenvalue weighted by Gasteiger charge is -2.34. The summed E-state index contributed by atoms with van der Waals surface area (Å²) in [5.74, 6) is 2.45. The second kappa shape index (κ2) is 13.3. The number of benzene rings is 1. The zero-order chi connectivity index (χ0) is 20.3. The van der Waals surface area contributed by atoms with Crippen LogP contribution in [0.3, 0.4) is 0 Å². The third kappa shape index (κ3) is 7.32. The summed E-state index contributed by atoms with van der Waals surface area (Å²) in [7, 11) is 3.47. The molecule has 0 amide bonds. The van der Waals surface area contributed by atoms with E-state index in [2.05, 4.69) is 20.2 Å². The molecule has 0 bridgehead atoms. The SMILES string of the molecule is CN=C(NCc1cccnc1OCCOC)N1CCC(Oc2ccccc2)CC1.I. The number of guanidine groups is 1. The zero-order valence-corrected chi connectivity index (χ0v) is 20.0. The monoisotopic (exact) mass is 526 g/mol. The summed E-state index contributed by atoms with van der Waals surface area (Å²) in [6.07, 6.45) is 3.91. The lowest BCUT2D eigenvalue weighted by Crippen LogP contribution is -2.47. The van der Waals surface area contributed by atoms with E-state index in [4.69, 9.17) is 14.2 Å². The highest BCUT2D eigenvalue weighted by atomic mass is 127. The number of nitrogens with zero attached hydrogens (tertiary/aromatic N) is 3. The minimum atomic E-state index is 0. The molecule has 1 aromatic carbocycles. The maximum absolute atomic E-state index is 6.09. The van der Waals surface area contributed by atoms with Crippen LogP contribution < -0.4 is 14.8 Å². The van der Waals surface area contributed by atoms with Gasteiger partial charge in [0.2, 0.25) is 5.88 Å². The van der Waals surface area contributed by atoms with Crippen molar-refractivity contribution in [3.63, 3.8) is 0 Å². The molecule has 0 radical (unpaired) electrons. The standard InChI is InChI=1S/C22H30N4O3.HI/c1-23-22(25-17-18-7-6-12-24-21(18)28-16-15-27-2)26-13-10-20(11-14-26)29-19-8-4-3-5-9-19;/h3-9,12,20H,10-11,13-17H2,1-2H3,(H,23,25);1H. The fourth-order valence-electron chi connectivity index (χ4n) is 3.29. The lowest BCUT2D eigenvalue weighted by atomic mass is 10.1. The maximum atomic E-state index is 6.09. The summed E-state index contributed by atoms with van der Waals surface area (Å²) in [5, 5.41) is 3.43. The van der Waals surface area contributed by atoms with Crippen LogP contribution in [0.2, 0.25) is 0 Å². The van der Waals surface area contributed by atoms with Gasteiger partial charge < -0.3 is 24.4 Å². The first kappa shape index (κ1) is 24.2. The molecule has 164 valence electrons. The largest absolute Gasteiger partial charge is 0.490 e. The molecular weight excluding hydrogens is 495 g/mol. The van der Waals surface area contributed by atoms with Gasteiger partial charge in [0.15, 0.2) is 5.96 Å². The molecule has 30 heavy (non-hydrogen) atoms. The van der Waals surface area contributed by atoms with Gasteiger partial charge in [0, 0.05) is 58.4 Å². The number of aromatic nitrogens is 1. The number of halogens is 1. The highest BCUT2D eigenvalue weighted by Gasteiger charge is 2.22. The number of aliphatic imine (C=N–C) groups is 1. The van der Waals surface area contributed by atoms with Crippen LogP contribution in [0.15, 0.2) is 53.7 Å². The van der Waals surface area contributed by atoms with Crippen LogP contribution in [0, 0.1) is 0 Å². The lowest BCUT2D eigenvalue weighted by molar-refractivity contribution is 0.129. The Morgan fingerprint density at radius 3 is 2.60 bits per heavy atom. The van der Waals surface area contributed by atoms with Gasteiger partial charge in [-0.15, -0.1) is 24.0 Å². The molecule has 2 aromatic rings. The Morgan fingerprint density at radius 1 is 1.13 bits per heavy atom. The first-order chi connectivity index (χ1) is 14.3. The number of hydrogen-bond donors (Lipinski definition) is 1. The summed E-state index contributed by atoms with van der Waals surface area (Å²) in [4.78, 5) is 11.0. The number of methoxy groups -OCH3 is 1. The van der Waals surface area contributed by atoms with Gasteiger partial charge in [-0.3, -0.25) is 4.99 Å². The maximum Gasteiger partial charge on any atom is 0.218 e. The van der Waals surface area contributed by atoms with Crippen molar-refractivity contribution < 1.29 is 14.2 Å². The summed E-state index contributed by atoms with van der Waals surface area (Å²) >= 11 is 0. The quantitative estimate of drug-likeness (QED) is 0.247. The fraction of sp³-hybridized carbons (Fsp3) is 0.455. The molecule has 1 aliphatic rings. The molecule has 8 heteroatoms. The van der Waals surface area contributed by atoms with Gasteiger partial charge in [0.05, 0.1) is 6.61 Å². The van der Waals surface area contributed by atoms with Gasteiger partial charge in [0.1, 0.15) is 18.5 Å². The van der Waals surface area contributed by atoms with Crippen LogP contribution in [-0.4, -0.2) is 62.4 Å². The van der Waals surface area contributed by atoms with Crippen LogP contribution in [-0.2, 0) is 11.3 Å². The zero-order valence-electron chi connectivity index (χ0n) is 17.6. The van der Waals surface area contributed by atoms with Crippen molar-refractivity contribution in [3.8, 4) is 11.6 Å². The average Bonchev–Trinajstić information content (AvgIpc) is 2.77. The van der Waals surface area contributed by atoms with E-state index >= 15 is 0 Å². The predicted molar refractivity (Wildman–Crippen MR) is 129 cm³/mol. The summed E-state index contributed by atoms with van der Waals surface area (Å²) < 4.78 is 16.8. The van der Waals surface area contributed by atoms with Gasteiger partial charge in [-0.2, -0.15) is 0 Å². The number of para-hydroxylation sites is 1. The molecule has 0 aliphatic carbocycles. The van der Waals surface area contributed by atoms with E-state index < -0.39 is 0 Å². The Hall–Kier alpha value is -2.07. The number of likely N-dealkylation sites (tertiary alicyclic amines) is 1. The van der Waals surface area contributed by atoms with Gasteiger partial charge >= 0.3 is 0 Å². The van der Waals surface area contributed by atoms with Crippen molar-refractivity contribution in [3.05, 3.63) is 54.2 Å².